The second-order valence-electron chi connectivity index (χ2n) is 3.74. The highest BCUT2D eigenvalue weighted by Gasteiger charge is 2.10. The highest BCUT2D eigenvalue weighted by Crippen LogP contribution is 2.11. The molecule has 5 nitrogen and oxygen atoms in total. The fourth-order valence-corrected chi connectivity index (χ4v) is 1.65. The van der Waals surface area contributed by atoms with E-state index < -0.39 is 0 Å². The molecular weight excluding hydrogens is 204 g/mol. The second kappa shape index (κ2) is 4.30. The molecule has 0 aromatic carbocycles. The molecule has 0 aliphatic rings. The van der Waals surface area contributed by atoms with Gasteiger partial charge in [0.05, 0.1) is 11.8 Å². The maximum atomic E-state index is 10.9. The van der Waals surface area contributed by atoms with Crippen LogP contribution in [0.4, 0.5) is 0 Å². The first-order valence-electron chi connectivity index (χ1n) is 5.27. The van der Waals surface area contributed by atoms with Gasteiger partial charge in [-0.05, 0) is 12.0 Å². The van der Waals surface area contributed by atoms with Crippen LogP contribution in [0.25, 0.3) is 5.82 Å². The highest BCUT2D eigenvalue weighted by atomic mass is 16.1. The third-order valence-corrected chi connectivity index (χ3v) is 2.36. The molecule has 0 spiro atoms. The van der Waals surface area contributed by atoms with Crippen LogP contribution in [0.2, 0.25) is 0 Å². The lowest BCUT2D eigenvalue weighted by molar-refractivity contribution is 0.112. The number of aromatic nitrogens is 4. The molecule has 0 radical (unpaired) electrons. The maximum Gasteiger partial charge on any atom is 0.185 e. The van der Waals surface area contributed by atoms with Crippen molar-refractivity contribution in [3.63, 3.8) is 0 Å². The van der Waals surface area contributed by atoms with Gasteiger partial charge in [-0.3, -0.25) is 9.48 Å². The number of carbonyl (C=O) groups is 1. The van der Waals surface area contributed by atoms with E-state index >= 15 is 0 Å². The third kappa shape index (κ3) is 1.88. The summed E-state index contributed by atoms with van der Waals surface area (Å²) in [4.78, 5) is 10.9. The zero-order valence-corrected chi connectivity index (χ0v) is 9.42. The van der Waals surface area contributed by atoms with Crippen LogP contribution in [0.3, 0.4) is 0 Å². The van der Waals surface area contributed by atoms with E-state index in [4.69, 9.17) is 0 Å². The zero-order valence-electron chi connectivity index (χ0n) is 9.42. The quantitative estimate of drug-likeness (QED) is 0.728. The molecule has 2 rings (SSSR count). The SMILES string of the molecule is CCCc1cnn(-c2nn(C)cc2C=O)c1. The molecule has 2 heterocycles. The largest absolute Gasteiger partial charge is 0.298 e. The predicted octanol–water partition coefficient (Wildman–Crippen LogP) is 1.37. The summed E-state index contributed by atoms with van der Waals surface area (Å²) >= 11 is 0. The number of aryl methyl sites for hydroxylation is 2. The Morgan fingerprint density at radius 3 is 2.94 bits per heavy atom. The Kier molecular flexibility index (Phi) is 2.85. The summed E-state index contributed by atoms with van der Waals surface area (Å²) in [6.45, 7) is 2.12. The highest BCUT2D eigenvalue weighted by molar-refractivity contribution is 5.79. The predicted molar refractivity (Wildman–Crippen MR) is 59.7 cm³/mol. The molecule has 0 fully saturated rings. The smallest absolute Gasteiger partial charge is 0.185 e. The van der Waals surface area contributed by atoms with Crippen molar-refractivity contribution >= 4 is 6.29 Å². The molecule has 2 aromatic rings. The van der Waals surface area contributed by atoms with Crippen LogP contribution in [0.1, 0.15) is 29.3 Å². The molecule has 0 atom stereocenters. The van der Waals surface area contributed by atoms with E-state index in [1.165, 1.54) is 0 Å². The van der Waals surface area contributed by atoms with Gasteiger partial charge in [-0.1, -0.05) is 13.3 Å². The minimum Gasteiger partial charge on any atom is -0.298 e. The van der Waals surface area contributed by atoms with Gasteiger partial charge in [0.1, 0.15) is 0 Å². The number of carbonyl (C=O) groups excluding carboxylic acids is 1. The van der Waals surface area contributed by atoms with Gasteiger partial charge < -0.3 is 0 Å². The number of rotatable bonds is 4. The number of nitrogens with zero attached hydrogens (tertiary/aromatic N) is 4. The molecular formula is C11H14N4O. The van der Waals surface area contributed by atoms with E-state index in [9.17, 15) is 4.79 Å². The van der Waals surface area contributed by atoms with Crippen LogP contribution in [0.5, 0.6) is 0 Å². The van der Waals surface area contributed by atoms with Crippen LogP contribution in [-0.2, 0) is 13.5 Å². The molecule has 16 heavy (non-hydrogen) atoms. The van der Waals surface area contributed by atoms with E-state index in [2.05, 4.69) is 17.1 Å². The summed E-state index contributed by atoms with van der Waals surface area (Å²) in [6, 6.07) is 0. The van der Waals surface area contributed by atoms with E-state index in [1.54, 1.807) is 22.6 Å². The Hall–Kier alpha value is -1.91. The molecule has 0 saturated carbocycles. The van der Waals surface area contributed by atoms with Gasteiger partial charge in [0.25, 0.3) is 0 Å². The number of hydrogen-bond acceptors (Lipinski definition) is 3. The first-order chi connectivity index (χ1) is 7.74. The van der Waals surface area contributed by atoms with Crippen molar-refractivity contribution in [2.75, 3.05) is 0 Å². The van der Waals surface area contributed by atoms with Gasteiger partial charge >= 0.3 is 0 Å². The maximum absolute atomic E-state index is 10.9. The van der Waals surface area contributed by atoms with Crippen molar-refractivity contribution in [3.05, 3.63) is 29.7 Å². The normalized spacial score (nSPS) is 10.6. The van der Waals surface area contributed by atoms with Gasteiger partial charge in [-0.15, -0.1) is 0 Å². The molecule has 0 bridgehead atoms. The molecule has 2 aromatic heterocycles. The number of hydrogen-bond donors (Lipinski definition) is 0. The molecule has 5 heteroatoms. The topological polar surface area (TPSA) is 52.7 Å². The summed E-state index contributed by atoms with van der Waals surface area (Å²) in [5.41, 5.74) is 1.71. The summed E-state index contributed by atoms with van der Waals surface area (Å²) in [6.07, 6.45) is 8.27. The molecule has 84 valence electrons. The Morgan fingerprint density at radius 2 is 2.25 bits per heavy atom. The molecule has 0 unspecified atom stereocenters. The van der Waals surface area contributed by atoms with Gasteiger partial charge in [0, 0.05) is 19.4 Å². The molecule has 0 amide bonds. The lowest BCUT2D eigenvalue weighted by Gasteiger charge is -1.95. The summed E-state index contributed by atoms with van der Waals surface area (Å²) in [7, 11) is 1.78. The first kappa shape index (κ1) is 10.6. The standard InChI is InChI=1S/C11H14N4O/c1-3-4-9-5-12-15(6-9)11-10(8-16)7-14(2)13-11/h5-8H,3-4H2,1-2H3. The van der Waals surface area contributed by atoms with Crippen molar-refractivity contribution in [3.8, 4) is 5.82 Å². The van der Waals surface area contributed by atoms with Crippen LogP contribution < -0.4 is 0 Å². The Morgan fingerprint density at radius 1 is 1.44 bits per heavy atom. The Balaban J connectivity index is 2.37. The van der Waals surface area contributed by atoms with Crippen molar-refractivity contribution in [2.24, 2.45) is 7.05 Å². The van der Waals surface area contributed by atoms with Crippen molar-refractivity contribution in [2.45, 2.75) is 19.8 Å². The average Bonchev–Trinajstić information content (AvgIpc) is 2.85. The number of aldehydes is 1. The molecule has 0 N–H and O–H groups in total. The van der Waals surface area contributed by atoms with Gasteiger partial charge in [-0.2, -0.15) is 10.2 Å². The fourth-order valence-electron chi connectivity index (χ4n) is 1.65. The van der Waals surface area contributed by atoms with Crippen LogP contribution in [-0.4, -0.2) is 25.8 Å². The second-order valence-corrected chi connectivity index (χ2v) is 3.74. The first-order valence-corrected chi connectivity index (χ1v) is 5.27. The molecule has 0 aliphatic carbocycles. The minimum absolute atomic E-state index is 0.550. The van der Waals surface area contributed by atoms with Crippen LogP contribution in [0.15, 0.2) is 18.6 Å². The summed E-state index contributed by atoms with van der Waals surface area (Å²) in [5, 5.41) is 8.42. The van der Waals surface area contributed by atoms with E-state index in [1.807, 2.05) is 12.4 Å². The monoisotopic (exact) mass is 218 g/mol. The van der Waals surface area contributed by atoms with E-state index in [0.717, 1.165) is 24.7 Å². The lowest BCUT2D eigenvalue weighted by Crippen LogP contribution is -1.99. The Bertz CT molecular complexity index is 498. The van der Waals surface area contributed by atoms with E-state index in [-0.39, 0.29) is 0 Å². The minimum atomic E-state index is 0.550. The van der Waals surface area contributed by atoms with E-state index in [0.29, 0.717) is 11.4 Å². The summed E-state index contributed by atoms with van der Waals surface area (Å²) in [5.74, 6) is 0.583. The molecule has 0 saturated heterocycles. The van der Waals surface area contributed by atoms with Gasteiger partial charge in [0.2, 0.25) is 0 Å². The molecule has 0 aliphatic heterocycles. The third-order valence-electron chi connectivity index (χ3n) is 2.36. The zero-order chi connectivity index (χ0) is 11.5. The van der Waals surface area contributed by atoms with Crippen LogP contribution >= 0.6 is 0 Å². The average molecular weight is 218 g/mol. The lowest BCUT2D eigenvalue weighted by atomic mass is 10.2. The van der Waals surface area contributed by atoms with Crippen molar-refractivity contribution < 1.29 is 4.79 Å². The fraction of sp³-hybridized carbons (Fsp3) is 0.364. The van der Waals surface area contributed by atoms with Gasteiger partial charge in [0.15, 0.2) is 12.1 Å². The van der Waals surface area contributed by atoms with Crippen molar-refractivity contribution in [1.29, 1.82) is 0 Å². The van der Waals surface area contributed by atoms with Crippen LogP contribution in [0, 0.1) is 0 Å². The van der Waals surface area contributed by atoms with Gasteiger partial charge in [-0.25, -0.2) is 4.68 Å². The summed E-state index contributed by atoms with van der Waals surface area (Å²) < 4.78 is 3.26. The van der Waals surface area contributed by atoms with Crippen molar-refractivity contribution in [1.82, 2.24) is 19.6 Å². The Labute approximate surface area is 93.7 Å².